The van der Waals surface area contributed by atoms with Gasteiger partial charge in [0.2, 0.25) is 0 Å². The Labute approximate surface area is 151 Å². The lowest BCUT2D eigenvalue weighted by atomic mass is 10.0. The lowest BCUT2D eigenvalue weighted by molar-refractivity contribution is -0.139. The molecule has 140 valence electrons. The second kappa shape index (κ2) is 8.89. The molecule has 8 heteroatoms. The summed E-state index contributed by atoms with van der Waals surface area (Å²) in [6, 6.07) is 5.53. The van der Waals surface area contributed by atoms with E-state index in [1.54, 1.807) is 31.2 Å². The standard InChI is InChI=1S/C18H22N2O6/c1-4-13-15(17(22)25-5-2)14(20-18(23)19-13)10-26-16(21)11-7-6-8-12(9-11)24-3/h6-9,13H,4-5,10H2,1-3H3,(H2,19,20,23)/t13-/m0/s1. The SMILES string of the molecule is CCOC(=O)C1=C(COC(=O)c2cccc(OC)c2)NC(=O)N[C@H]1CC. The minimum atomic E-state index is -0.597. The van der Waals surface area contributed by atoms with E-state index in [9.17, 15) is 14.4 Å². The number of rotatable bonds is 7. The molecule has 0 unspecified atom stereocenters. The minimum Gasteiger partial charge on any atom is -0.497 e. The van der Waals surface area contributed by atoms with E-state index in [0.29, 0.717) is 17.7 Å². The zero-order valence-corrected chi connectivity index (χ0v) is 15.0. The molecule has 1 heterocycles. The first kappa shape index (κ1) is 19.3. The summed E-state index contributed by atoms with van der Waals surface area (Å²) in [5.74, 6) is -0.633. The molecule has 1 aliphatic heterocycles. The number of hydrogen-bond donors (Lipinski definition) is 2. The third-order valence-corrected chi connectivity index (χ3v) is 3.80. The Bertz CT molecular complexity index is 728. The molecule has 1 aromatic carbocycles. The van der Waals surface area contributed by atoms with Crippen LogP contribution in [0.3, 0.4) is 0 Å². The minimum absolute atomic E-state index is 0.198. The molecule has 0 spiro atoms. The number of hydrogen-bond acceptors (Lipinski definition) is 6. The number of urea groups is 1. The number of amides is 2. The van der Waals surface area contributed by atoms with Crippen LogP contribution in [0.1, 0.15) is 30.6 Å². The highest BCUT2D eigenvalue weighted by Gasteiger charge is 2.32. The van der Waals surface area contributed by atoms with E-state index in [1.165, 1.54) is 7.11 Å². The van der Waals surface area contributed by atoms with E-state index in [0.717, 1.165) is 0 Å². The third kappa shape index (κ3) is 4.53. The van der Waals surface area contributed by atoms with Crippen molar-refractivity contribution < 1.29 is 28.6 Å². The van der Waals surface area contributed by atoms with Crippen LogP contribution in [-0.2, 0) is 14.3 Å². The average Bonchev–Trinajstić information content (AvgIpc) is 2.65. The number of ether oxygens (including phenoxy) is 3. The molecule has 0 radical (unpaired) electrons. The second-order valence-electron chi connectivity index (χ2n) is 5.48. The molecule has 0 saturated carbocycles. The van der Waals surface area contributed by atoms with Gasteiger partial charge in [-0.2, -0.15) is 0 Å². The maximum atomic E-state index is 12.3. The first-order valence-electron chi connectivity index (χ1n) is 8.29. The molecule has 0 bridgehead atoms. The molecule has 2 amide bonds. The fourth-order valence-electron chi connectivity index (χ4n) is 2.55. The molecule has 0 fully saturated rings. The molecular formula is C18H22N2O6. The first-order valence-corrected chi connectivity index (χ1v) is 8.29. The summed E-state index contributed by atoms with van der Waals surface area (Å²) in [5.41, 5.74) is 0.776. The monoisotopic (exact) mass is 362 g/mol. The molecule has 1 atom stereocenters. The van der Waals surface area contributed by atoms with Gasteiger partial charge in [0.1, 0.15) is 12.4 Å². The van der Waals surface area contributed by atoms with Gasteiger partial charge in [0.15, 0.2) is 0 Å². The highest BCUT2D eigenvalue weighted by atomic mass is 16.5. The van der Waals surface area contributed by atoms with Crippen molar-refractivity contribution in [2.45, 2.75) is 26.3 Å². The summed E-state index contributed by atoms with van der Waals surface area (Å²) in [5, 5.41) is 5.18. The zero-order chi connectivity index (χ0) is 19.1. The molecule has 1 aliphatic rings. The zero-order valence-electron chi connectivity index (χ0n) is 15.0. The summed E-state index contributed by atoms with van der Waals surface area (Å²) >= 11 is 0. The van der Waals surface area contributed by atoms with Crippen LogP contribution in [0.5, 0.6) is 5.75 Å². The maximum absolute atomic E-state index is 12.3. The van der Waals surface area contributed by atoms with Crippen molar-refractivity contribution in [3.05, 3.63) is 41.1 Å². The van der Waals surface area contributed by atoms with Crippen molar-refractivity contribution in [2.24, 2.45) is 0 Å². The Morgan fingerprint density at radius 3 is 2.58 bits per heavy atom. The van der Waals surface area contributed by atoms with Gasteiger partial charge in [-0.15, -0.1) is 0 Å². The van der Waals surface area contributed by atoms with Gasteiger partial charge >= 0.3 is 18.0 Å². The lowest BCUT2D eigenvalue weighted by Crippen LogP contribution is -2.51. The molecule has 26 heavy (non-hydrogen) atoms. The Morgan fingerprint density at radius 2 is 1.92 bits per heavy atom. The predicted molar refractivity (Wildman–Crippen MR) is 92.7 cm³/mol. The van der Waals surface area contributed by atoms with Crippen molar-refractivity contribution in [3.8, 4) is 5.75 Å². The van der Waals surface area contributed by atoms with Gasteiger partial charge in [-0.1, -0.05) is 13.0 Å². The van der Waals surface area contributed by atoms with Gasteiger partial charge < -0.3 is 24.8 Å². The van der Waals surface area contributed by atoms with Crippen molar-refractivity contribution in [1.29, 1.82) is 0 Å². The Balaban J connectivity index is 2.20. The molecule has 8 nitrogen and oxygen atoms in total. The van der Waals surface area contributed by atoms with Crippen LogP contribution in [0.15, 0.2) is 35.5 Å². The number of esters is 2. The molecular weight excluding hydrogens is 340 g/mol. The van der Waals surface area contributed by atoms with E-state index >= 15 is 0 Å². The average molecular weight is 362 g/mol. The van der Waals surface area contributed by atoms with E-state index < -0.39 is 24.0 Å². The van der Waals surface area contributed by atoms with Crippen molar-refractivity contribution in [3.63, 3.8) is 0 Å². The lowest BCUT2D eigenvalue weighted by Gasteiger charge is -2.28. The molecule has 1 aromatic rings. The van der Waals surface area contributed by atoms with E-state index in [2.05, 4.69) is 10.6 Å². The Morgan fingerprint density at radius 1 is 1.15 bits per heavy atom. The summed E-state index contributed by atoms with van der Waals surface area (Å²) < 4.78 is 15.4. The van der Waals surface area contributed by atoms with Gasteiger partial charge in [0, 0.05) is 0 Å². The normalized spacial score (nSPS) is 16.4. The van der Waals surface area contributed by atoms with Gasteiger partial charge in [-0.05, 0) is 31.5 Å². The van der Waals surface area contributed by atoms with Gasteiger partial charge in [-0.3, -0.25) is 0 Å². The van der Waals surface area contributed by atoms with Crippen LogP contribution in [-0.4, -0.2) is 44.3 Å². The highest BCUT2D eigenvalue weighted by molar-refractivity contribution is 5.95. The molecule has 2 N–H and O–H groups in total. The van der Waals surface area contributed by atoms with E-state index in [-0.39, 0.29) is 24.5 Å². The summed E-state index contributed by atoms with van der Waals surface area (Å²) in [6.07, 6.45) is 0.495. The van der Waals surface area contributed by atoms with Crippen LogP contribution in [0, 0.1) is 0 Å². The van der Waals surface area contributed by atoms with Crippen LogP contribution in [0.25, 0.3) is 0 Å². The third-order valence-electron chi connectivity index (χ3n) is 3.80. The molecule has 0 aliphatic carbocycles. The van der Waals surface area contributed by atoms with Gasteiger partial charge in [-0.25, -0.2) is 14.4 Å². The van der Waals surface area contributed by atoms with Crippen LogP contribution >= 0.6 is 0 Å². The Kier molecular flexibility index (Phi) is 6.60. The number of nitrogens with one attached hydrogen (secondary N) is 2. The molecule has 0 saturated heterocycles. The van der Waals surface area contributed by atoms with Crippen LogP contribution in [0.4, 0.5) is 4.79 Å². The van der Waals surface area contributed by atoms with Crippen molar-refractivity contribution in [2.75, 3.05) is 20.3 Å². The molecule has 2 rings (SSSR count). The summed E-state index contributed by atoms with van der Waals surface area (Å²) in [6.45, 7) is 3.46. The fourth-order valence-corrected chi connectivity index (χ4v) is 2.55. The second-order valence-corrected chi connectivity index (χ2v) is 5.48. The smallest absolute Gasteiger partial charge is 0.338 e. The van der Waals surface area contributed by atoms with Gasteiger partial charge in [0.25, 0.3) is 0 Å². The quantitative estimate of drug-likeness (QED) is 0.717. The van der Waals surface area contributed by atoms with E-state index in [1.807, 2.05) is 6.92 Å². The number of carbonyl (C=O) groups is 3. The fraction of sp³-hybridized carbons (Fsp3) is 0.389. The predicted octanol–water partition coefficient (Wildman–Crippen LogP) is 1.76. The largest absolute Gasteiger partial charge is 0.497 e. The topological polar surface area (TPSA) is 103 Å². The summed E-state index contributed by atoms with van der Waals surface area (Å²) in [4.78, 5) is 36.3. The first-order chi connectivity index (χ1) is 12.5. The number of methoxy groups -OCH3 is 1. The highest BCUT2D eigenvalue weighted by Crippen LogP contribution is 2.18. The molecule has 0 aromatic heterocycles. The summed E-state index contributed by atoms with van der Waals surface area (Å²) in [7, 11) is 1.50. The number of benzene rings is 1. The van der Waals surface area contributed by atoms with Gasteiger partial charge in [0.05, 0.1) is 36.6 Å². The number of carbonyl (C=O) groups excluding carboxylic acids is 3. The van der Waals surface area contributed by atoms with Crippen molar-refractivity contribution in [1.82, 2.24) is 10.6 Å². The Hall–Kier alpha value is -3.03. The van der Waals surface area contributed by atoms with Crippen LogP contribution in [0.2, 0.25) is 0 Å². The maximum Gasteiger partial charge on any atom is 0.338 e. The van der Waals surface area contributed by atoms with Crippen LogP contribution < -0.4 is 15.4 Å². The van der Waals surface area contributed by atoms with E-state index in [4.69, 9.17) is 14.2 Å². The van der Waals surface area contributed by atoms with Crippen molar-refractivity contribution >= 4 is 18.0 Å².